The highest BCUT2D eigenvalue weighted by atomic mass is 35.5. The molecule has 1 atom stereocenters. The lowest BCUT2D eigenvalue weighted by atomic mass is 10.2. The van der Waals surface area contributed by atoms with E-state index < -0.39 is 6.10 Å². The first kappa shape index (κ1) is 13.2. The number of benzene rings is 2. The highest BCUT2D eigenvalue weighted by molar-refractivity contribution is 6.31. The lowest BCUT2D eigenvalue weighted by Gasteiger charge is -2.11. The van der Waals surface area contributed by atoms with Gasteiger partial charge in [0.15, 0.2) is 0 Å². The Labute approximate surface area is 122 Å². The van der Waals surface area contributed by atoms with Gasteiger partial charge < -0.3 is 9.67 Å². The van der Waals surface area contributed by atoms with Crippen molar-refractivity contribution in [2.24, 2.45) is 0 Å². The third-order valence-corrected chi connectivity index (χ3v) is 3.42. The van der Waals surface area contributed by atoms with E-state index in [1.807, 2.05) is 53.1 Å². The molecule has 2 aromatic carbocycles. The zero-order valence-electron chi connectivity index (χ0n) is 11.1. The molecule has 0 aliphatic carbocycles. The quantitative estimate of drug-likeness (QED) is 0.796. The maximum Gasteiger partial charge on any atom is 0.141 e. The summed E-state index contributed by atoms with van der Waals surface area (Å²) in [6.45, 7) is 2.28. The van der Waals surface area contributed by atoms with Crippen molar-refractivity contribution < 1.29 is 5.11 Å². The van der Waals surface area contributed by atoms with Crippen molar-refractivity contribution in [2.45, 2.75) is 19.6 Å². The minimum atomic E-state index is -0.439. The molecular weight excluding hydrogens is 272 g/mol. The molecule has 1 N–H and O–H groups in total. The first-order valence-corrected chi connectivity index (χ1v) is 6.92. The van der Waals surface area contributed by atoms with Crippen LogP contribution in [0.4, 0.5) is 0 Å². The highest BCUT2D eigenvalue weighted by Crippen LogP contribution is 2.27. The number of aromatic nitrogens is 2. The average Bonchev–Trinajstić information content (AvgIpc) is 2.77. The Balaban J connectivity index is 2.24. The van der Waals surface area contributed by atoms with Gasteiger partial charge in [0.2, 0.25) is 0 Å². The van der Waals surface area contributed by atoms with Crippen LogP contribution in [0.25, 0.3) is 22.4 Å². The van der Waals surface area contributed by atoms with E-state index in [1.54, 1.807) is 6.92 Å². The number of aliphatic hydroxyl groups excluding tert-OH is 1. The SMILES string of the molecule is CC(O)Cn1c(-c2ccccc2)nc2cc(Cl)ccc21. The average molecular weight is 287 g/mol. The fraction of sp³-hybridized carbons (Fsp3) is 0.188. The number of hydrogen-bond acceptors (Lipinski definition) is 2. The van der Waals surface area contributed by atoms with Crippen molar-refractivity contribution >= 4 is 22.6 Å². The fourth-order valence-electron chi connectivity index (χ4n) is 2.36. The summed E-state index contributed by atoms with van der Waals surface area (Å²) in [6, 6.07) is 15.6. The Morgan fingerprint density at radius 2 is 1.95 bits per heavy atom. The monoisotopic (exact) mass is 286 g/mol. The van der Waals surface area contributed by atoms with Gasteiger partial charge in [0.1, 0.15) is 5.82 Å². The summed E-state index contributed by atoms with van der Waals surface area (Å²) in [6.07, 6.45) is -0.439. The van der Waals surface area contributed by atoms with Gasteiger partial charge in [-0.05, 0) is 25.1 Å². The van der Waals surface area contributed by atoms with Crippen LogP contribution in [0.3, 0.4) is 0 Å². The van der Waals surface area contributed by atoms with Crippen LogP contribution in [-0.2, 0) is 6.54 Å². The Morgan fingerprint density at radius 3 is 2.65 bits per heavy atom. The summed E-state index contributed by atoms with van der Waals surface area (Å²) >= 11 is 6.03. The number of halogens is 1. The molecular formula is C16H15ClN2O. The van der Waals surface area contributed by atoms with Gasteiger partial charge in [0.05, 0.1) is 23.7 Å². The van der Waals surface area contributed by atoms with Gasteiger partial charge in [-0.1, -0.05) is 41.9 Å². The molecule has 1 unspecified atom stereocenters. The largest absolute Gasteiger partial charge is 0.392 e. The molecule has 0 saturated carbocycles. The van der Waals surface area contributed by atoms with Gasteiger partial charge in [0.25, 0.3) is 0 Å². The Hall–Kier alpha value is -1.84. The summed E-state index contributed by atoms with van der Waals surface area (Å²) in [4.78, 5) is 4.66. The van der Waals surface area contributed by atoms with Crippen LogP contribution in [0, 0.1) is 0 Å². The third kappa shape index (κ3) is 2.42. The molecule has 4 heteroatoms. The summed E-state index contributed by atoms with van der Waals surface area (Å²) in [7, 11) is 0. The number of aliphatic hydroxyl groups is 1. The van der Waals surface area contributed by atoms with Crippen LogP contribution >= 0.6 is 11.6 Å². The van der Waals surface area contributed by atoms with E-state index in [0.717, 1.165) is 22.4 Å². The maximum atomic E-state index is 9.73. The normalized spacial score (nSPS) is 12.8. The van der Waals surface area contributed by atoms with E-state index in [9.17, 15) is 5.11 Å². The van der Waals surface area contributed by atoms with Crippen molar-refractivity contribution in [1.29, 1.82) is 0 Å². The van der Waals surface area contributed by atoms with E-state index >= 15 is 0 Å². The first-order valence-electron chi connectivity index (χ1n) is 6.54. The zero-order valence-corrected chi connectivity index (χ0v) is 11.9. The van der Waals surface area contributed by atoms with E-state index in [2.05, 4.69) is 4.98 Å². The Bertz CT molecular complexity index is 735. The summed E-state index contributed by atoms with van der Waals surface area (Å²) in [5, 5.41) is 10.4. The standard InChI is InChI=1S/C16H15ClN2O/c1-11(20)10-19-15-8-7-13(17)9-14(15)18-16(19)12-5-3-2-4-6-12/h2-9,11,20H,10H2,1H3. The van der Waals surface area contributed by atoms with E-state index in [0.29, 0.717) is 11.6 Å². The van der Waals surface area contributed by atoms with E-state index in [-0.39, 0.29) is 0 Å². The van der Waals surface area contributed by atoms with Gasteiger partial charge in [-0.25, -0.2) is 4.98 Å². The van der Waals surface area contributed by atoms with Gasteiger partial charge in [-0.3, -0.25) is 0 Å². The topological polar surface area (TPSA) is 38.0 Å². The van der Waals surface area contributed by atoms with Crippen LogP contribution in [0.1, 0.15) is 6.92 Å². The smallest absolute Gasteiger partial charge is 0.141 e. The van der Waals surface area contributed by atoms with Crippen LogP contribution in [0.5, 0.6) is 0 Å². The molecule has 20 heavy (non-hydrogen) atoms. The molecule has 0 radical (unpaired) electrons. The molecule has 0 aliphatic heterocycles. The molecule has 3 aromatic rings. The van der Waals surface area contributed by atoms with Gasteiger partial charge in [-0.2, -0.15) is 0 Å². The predicted octanol–water partition coefficient (Wildman–Crippen LogP) is 3.74. The molecule has 0 aliphatic rings. The van der Waals surface area contributed by atoms with Crippen molar-refractivity contribution in [3.63, 3.8) is 0 Å². The first-order chi connectivity index (χ1) is 9.65. The molecule has 1 aromatic heterocycles. The van der Waals surface area contributed by atoms with E-state index in [1.165, 1.54) is 0 Å². The Kier molecular flexibility index (Phi) is 3.47. The van der Waals surface area contributed by atoms with Crippen LogP contribution in [0.2, 0.25) is 5.02 Å². The van der Waals surface area contributed by atoms with Crippen molar-refractivity contribution in [3.05, 3.63) is 53.6 Å². The summed E-state index contributed by atoms with van der Waals surface area (Å²) in [5.41, 5.74) is 2.85. The van der Waals surface area contributed by atoms with Crippen molar-refractivity contribution in [1.82, 2.24) is 9.55 Å². The number of fused-ring (bicyclic) bond motifs is 1. The minimum Gasteiger partial charge on any atom is -0.392 e. The van der Waals surface area contributed by atoms with Crippen molar-refractivity contribution in [3.8, 4) is 11.4 Å². The lowest BCUT2D eigenvalue weighted by Crippen LogP contribution is -2.12. The minimum absolute atomic E-state index is 0.439. The molecule has 102 valence electrons. The molecule has 1 heterocycles. The summed E-state index contributed by atoms with van der Waals surface area (Å²) in [5.74, 6) is 0.851. The van der Waals surface area contributed by atoms with Gasteiger partial charge in [-0.15, -0.1) is 0 Å². The molecule has 0 spiro atoms. The fourth-order valence-corrected chi connectivity index (χ4v) is 2.53. The molecule has 3 nitrogen and oxygen atoms in total. The third-order valence-electron chi connectivity index (χ3n) is 3.19. The van der Waals surface area contributed by atoms with Gasteiger partial charge in [0, 0.05) is 10.6 Å². The second-order valence-corrected chi connectivity index (χ2v) is 5.33. The maximum absolute atomic E-state index is 9.73. The highest BCUT2D eigenvalue weighted by Gasteiger charge is 2.14. The predicted molar refractivity (Wildman–Crippen MR) is 81.9 cm³/mol. The molecule has 0 saturated heterocycles. The molecule has 0 fully saturated rings. The van der Waals surface area contributed by atoms with Crippen LogP contribution < -0.4 is 0 Å². The zero-order chi connectivity index (χ0) is 14.1. The second-order valence-electron chi connectivity index (χ2n) is 4.89. The summed E-state index contributed by atoms with van der Waals surface area (Å²) < 4.78 is 2.03. The Morgan fingerprint density at radius 1 is 1.20 bits per heavy atom. The molecule has 0 bridgehead atoms. The second kappa shape index (κ2) is 5.27. The number of imidazole rings is 1. The van der Waals surface area contributed by atoms with Gasteiger partial charge >= 0.3 is 0 Å². The molecule has 3 rings (SSSR count). The number of rotatable bonds is 3. The van der Waals surface area contributed by atoms with Crippen LogP contribution in [-0.4, -0.2) is 20.8 Å². The lowest BCUT2D eigenvalue weighted by molar-refractivity contribution is 0.175. The number of nitrogens with zero attached hydrogens (tertiary/aromatic N) is 2. The van der Waals surface area contributed by atoms with Crippen molar-refractivity contribution in [2.75, 3.05) is 0 Å². The van der Waals surface area contributed by atoms with E-state index in [4.69, 9.17) is 11.6 Å². The van der Waals surface area contributed by atoms with Crippen LogP contribution in [0.15, 0.2) is 48.5 Å². The number of hydrogen-bond donors (Lipinski definition) is 1. The molecule has 0 amide bonds.